The molecule has 0 spiro atoms. The van der Waals surface area contributed by atoms with Crippen molar-refractivity contribution in [3.05, 3.63) is 169 Å². The van der Waals surface area contributed by atoms with Gasteiger partial charge in [-0.3, -0.25) is 14.2 Å². The van der Waals surface area contributed by atoms with Crippen molar-refractivity contribution in [2.45, 2.75) is 19.5 Å². The van der Waals surface area contributed by atoms with E-state index in [9.17, 15) is 14.0 Å². The first-order valence-electron chi connectivity index (χ1n) is 14.2. The van der Waals surface area contributed by atoms with Crippen molar-refractivity contribution in [1.82, 2.24) is 9.13 Å². The Bertz CT molecular complexity index is 2230. The largest absolute Gasteiger partial charge is 0.342 e. The fourth-order valence-corrected chi connectivity index (χ4v) is 6.77. The van der Waals surface area contributed by atoms with Crippen molar-refractivity contribution in [1.29, 1.82) is 0 Å². The van der Waals surface area contributed by atoms with E-state index in [1.807, 2.05) is 104 Å². The quantitative estimate of drug-likeness (QED) is 0.255. The third-order valence-corrected chi connectivity index (χ3v) is 8.77. The summed E-state index contributed by atoms with van der Waals surface area (Å²) < 4.78 is 17.8. The average Bonchev–Trinajstić information content (AvgIpc) is 3.54. The summed E-state index contributed by atoms with van der Waals surface area (Å²) in [6.45, 7) is 2.37. The Labute approximate surface area is 256 Å². The molecule has 216 valence electrons. The van der Waals surface area contributed by atoms with Crippen LogP contribution in [0, 0.1) is 5.82 Å². The van der Waals surface area contributed by atoms with Gasteiger partial charge in [-0.15, -0.1) is 0 Å². The van der Waals surface area contributed by atoms with Gasteiger partial charge in [-0.2, -0.15) is 0 Å². The van der Waals surface area contributed by atoms with Gasteiger partial charge in [0.1, 0.15) is 5.82 Å². The molecular weight excluding hydrogens is 571 g/mol. The monoisotopic (exact) mass is 598 g/mol. The number of allylic oxidation sites excluding steroid dienone is 1. The minimum atomic E-state index is -0.641. The lowest BCUT2D eigenvalue weighted by Gasteiger charge is -2.25. The summed E-state index contributed by atoms with van der Waals surface area (Å²) in [6, 6.07) is 32.7. The van der Waals surface area contributed by atoms with Crippen molar-refractivity contribution in [3.8, 4) is 0 Å². The molecule has 6 nitrogen and oxygen atoms in total. The number of nitrogens with one attached hydrogen (secondary N) is 1. The van der Waals surface area contributed by atoms with Gasteiger partial charge in [0.15, 0.2) is 4.80 Å². The maximum Gasteiger partial charge on any atom is 0.271 e. The Morgan fingerprint density at radius 2 is 1.61 bits per heavy atom. The molecule has 0 saturated heterocycles. The summed E-state index contributed by atoms with van der Waals surface area (Å²) in [5.41, 5.74) is 5.14. The molecule has 0 bridgehead atoms. The van der Waals surface area contributed by atoms with E-state index < -0.39 is 6.04 Å². The summed E-state index contributed by atoms with van der Waals surface area (Å²) in [5.74, 6) is -0.573. The highest BCUT2D eigenvalue weighted by atomic mass is 32.1. The molecule has 8 heteroatoms. The van der Waals surface area contributed by atoms with Crippen LogP contribution in [-0.4, -0.2) is 15.0 Å². The molecule has 0 unspecified atom stereocenters. The third kappa shape index (κ3) is 5.09. The van der Waals surface area contributed by atoms with Crippen molar-refractivity contribution in [3.63, 3.8) is 0 Å². The van der Waals surface area contributed by atoms with E-state index in [0.717, 1.165) is 27.6 Å². The van der Waals surface area contributed by atoms with E-state index in [4.69, 9.17) is 4.99 Å². The Hall–Kier alpha value is -5.34. The van der Waals surface area contributed by atoms with E-state index in [1.165, 1.54) is 23.5 Å². The fourth-order valence-electron chi connectivity index (χ4n) is 5.73. The predicted molar refractivity (Wildman–Crippen MR) is 173 cm³/mol. The lowest BCUT2D eigenvalue weighted by molar-refractivity contribution is -0.113. The second kappa shape index (κ2) is 11.4. The predicted octanol–water partition coefficient (Wildman–Crippen LogP) is 6.02. The molecule has 44 heavy (non-hydrogen) atoms. The first-order valence-corrected chi connectivity index (χ1v) is 15.0. The highest BCUT2D eigenvalue weighted by Gasteiger charge is 2.32. The van der Waals surface area contributed by atoms with E-state index in [2.05, 4.69) is 9.88 Å². The highest BCUT2D eigenvalue weighted by molar-refractivity contribution is 7.07. The van der Waals surface area contributed by atoms with Crippen LogP contribution in [0.1, 0.15) is 29.7 Å². The van der Waals surface area contributed by atoms with Crippen LogP contribution in [0.3, 0.4) is 0 Å². The molecule has 1 aliphatic heterocycles. The van der Waals surface area contributed by atoms with Gasteiger partial charge in [-0.25, -0.2) is 9.38 Å². The van der Waals surface area contributed by atoms with Crippen LogP contribution in [0.5, 0.6) is 0 Å². The topological polar surface area (TPSA) is 68.4 Å². The Balaban J connectivity index is 1.35. The molecule has 0 radical (unpaired) electrons. The first-order chi connectivity index (χ1) is 21.5. The van der Waals surface area contributed by atoms with E-state index in [0.29, 0.717) is 32.8 Å². The van der Waals surface area contributed by atoms with Gasteiger partial charge in [-0.05, 0) is 54.5 Å². The van der Waals surface area contributed by atoms with Crippen LogP contribution in [0.25, 0.3) is 17.0 Å². The number of hydrogen-bond donors (Lipinski definition) is 1. The molecule has 2 aromatic heterocycles. The number of fused-ring (bicyclic) bond motifs is 2. The Morgan fingerprint density at radius 3 is 2.36 bits per heavy atom. The Kier molecular flexibility index (Phi) is 7.12. The number of nitrogens with zero attached hydrogens (tertiary/aromatic N) is 3. The van der Waals surface area contributed by atoms with Crippen molar-refractivity contribution in [2.75, 3.05) is 5.32 Å². The lowest BCUT2D eigenvalue weighted by atomic mass is 9.95. The molecule has 3 heterocycles. The smallest absolute Gasteiger partial charge is 0.271 e. The van der Waals surface area contributed by atoms with Gasteiger partial charge >= 0.3 is 0 Å². The highest BCUT2D eigenvalue weighted by Crippen LogP contribution is 2.31. The molecule has 0 fully saturated rings. The second-order valence-corrected chi connectivity index (χ2v) is 11.7. The number of anilines is 1. The normalized spacial score (nSPS) is 14.9. The van der Waals surface area contributed by atoms with Gasteiger partial charge < -0.3 is 9.88 Å². The van der Waals surface area contributed by atoms with E-state index in [1.54, 1.807) is 16.7 Å². The van der Waals surface area contributed by atoms with Crippen LogP contribution in [0.4, 0.5) is 10.1 Å². The third-order valence-electron chi connectivity index (χ3n) is 7.79. The van der Waals surface area contributed by atoms with Crippen LogP contribution in [0.2, 0.25) is 0 Å². The summed E-state index contributed by atoms with van der Waals surface area (Å²) in [7, 11) is 0. The SMILES string of the molecule is CC1=C(C(=O)Nc2ccccc2)[C@@H](c2ccccc2)n2c(s/c(=C\c3cn(Cc4ccc(F)cc4)c4ccccc34)c2=O)=N1. The van der Waals surface area contributed by atoms with Crippen molar-refractivity contribution >= 4 is 39.9 Å². The molecule has 0 aliphatic carbocycles. The zero-order valence-corrected chi connectivity index (χ0v) is 24.6. The van der Waals surface area contributed by atoms with Crippen LogP contribution in [-0.2, 0) is 11.3 Å². The van der Waals surface area contributed by atoms with Crippen LogP contribution < -0.4 is 20.2 Å². The lowest BCUT2D eigenvalue weighted by Crippen LogP contribution is -2.40. The number of para-hydroxylation sites is 2. The molecule has 7 rings (SSSR count). The minimum Gasteiger partial charge on any atom is -0.342 e. The number of benzene rings is 4. The van der Waals surface area contributed by atoms with Gasteiger partial charge in [-0.1, -0.05) is 90.2 Å². The number of amides is 1. The minimum absolute atomic E-state index is 0.213. The van der Waals surface area contributed by atoms with Crippen LogP contribution in [0.15, 0.2) is 136 Å². The fraction of sp³-hybridized carbons (Fsp3) is 0.0833. The number of thiazole rings is 1. The number of halogens is 1. The number of carbonyl (C=O) groups is 1. The van der Waals surface area contributed by atoms with Crippen molar-refractivity contribution in [2.24, 2.45) is 4.99 Å². The maximum atomic E-state index is 14.2. The molecule has 1 amide bonds. The molecule has 1 aliphatic rings. The van der Waals surface area contributed by atoms with Gasteiger partial charge in [0.2, 0.25) is 0 Å². The molecule has 4 aromatic carbocycles. The molecule has 6 aromatic rings. The number of hydrogen-bond acceptors (Lipinski definition) is 4. The Morgan fingerprint density at radius 1 is 0.932 bits per heavy atom. The van der Waals surface area contributed by atoms with Gasteiger partial charge in [0.05, 0.1) is 21.8 Å². The van der Waals surface area contributed by atoms with Gasteiger partial charge in [0, 0.05) is 34.9 Å². The van der Waals surface area contributed by atoms with E-state index >= 15 is 0 Å². The summed E-state index contributed by atoms with van der Waals surface area (Å²) >= 11 is 1.31. The number of rotatable bonds is 6. The first kappa shape index (κ1) is 27.5. The summed E-state index contributed by atoms with van der Waals surface area (Å²) in [6.07, 6.45) is 3.92. The van der Waals surface area contributed by atoms with Crippen molar-refractivity contribution < 1.29 is 9.18 Å². The summed E-state index contributed by atoms with van der Waals surface area (Å²) in [4.78, 5) is 33.2. The average molecular weight is 599 g/mol. The zero-order chi connectivity index (χ0) is 30.2. The standard InChI is InChI=1S/C36H27FN4O2S/c1-23-32(34(42)39-28-12-6-3-7-13-28)33(25-10-4-2-5-11-25)41-35(43)31(44-36(41)38-23)20-26-22-40(30-15-9-8-14-29(26)30)21-24-16-18-27(37)19-17-24/h2-20,22,33H,21H2,1H3,(H,39,42)/b31-20-/t33-/m1/s1. The second-order valence-electron chi connectivity index (χ2n) is 10.7. The van der Waals surface area contributed by atoms with Gasteiger partial charge in [0.25, 0.3) is 11.5 Å². The number of carbonyl (C=O) groups excluding carboxylic acids is 1. The van der Waals surface area contributed by atoms with Crippen LogP contribution >= 0.6 is 11.3 Å². The number of aromatic nitrogens is 2. The summed E-state index contributed by atoms with van der Waals surface area (Å²) in [5, 5.41) is 3.98. The maximum absolute atomic E-state index is 14.2. The molecule has 1 atom stereocenters. The molecular formula is C36H27FN4O2S. The van der Waals surface area contributed by atoms with E-state index in [-0.39, 0.29) is 17.3 Å². The zero-order valence-electron chi connectivity index (χ0n) is 23.8. The molecule has 1 N–H and O–H groups in total. The molecule has 0 saturated carbocycles.